The number of rotatable bonds is 3. The molecule has 11 heavy (non-hydrogen) atoms. The van der Waals surface area contributed by atoms with Crippen molar-refractivity contribution in [2.45, 2.75) is 39.6 Å². The van der Waals surface area contributed by atoms with E-state index in [4.69, 9.17) is 10.8 Å². The summed E-state index contributed by atoms with van der Waals surface area (Å²) in [5, 5.41) is 9.11. The van der Waals surface area contributed by atoms with Crippen molar-refractivity contribution in [1.29, 1.82) is 0 Å². The van der Waals surface area contributed by atoms with Crippen molar-refractivity contribution >= 4 is 5.91 Å². The van der Waals surface area contributed by atoms with Crippen LogP contribution in [0.3, 0.4) is 0 Å². The van der Waals surface area contributed by atoms with Gasteiger partial charge in [0.2, 0.25) is 5.91 Å². The molecule has 2 unspecified atom stereocenters. The van der Waals surface area contributed by atoms with Gasteiger partial charge in [-0.15, -0.1) is 0 Å². The van der Waals surface area contributed by atoms with Crippen LogP contribution in [0.5, 0.6) is 0 Å². The van der Waals surface area contributed by atoms with Gasteiger partial charge in [-0.2, -0.15) is 0 Å². The molecule has 0 spiro atoms. The number of hydrogen-bond donors (Lipinski definition) is 2. The molecular weight excluding hydrogens is 144 g/mol. The van der Waals surface area contributed by atoms with E-state index in [2.05, 4.69) is 0 Å². The lowest BCUT2D eigenvalue weighted by Crippen LogP contribution is -2.48. The SMILES string of the molecule is CCC(=O)N(C(C)N)C(C)O. The zero-order chi connectivity index (χ0) is 9.02. The monoisotopic (exact) mass is 160 g/mol. The van der Waals surface area contributed by atoms with E-state index in [9.17, 15) is 4.79 Å². The van der Waals surface area contributed by atoms with Gasteiger partial charge < -0.3 is 15.7 Å². The average Bonchev–Trinajstić information content (AvgIpc) is 1.85. The molecule has 3 N–H and O–H groups in total. The molecule has 0 bridgehead atoms. The fourth-order valence-corrected chi connectivity index (χ4v) is 0.958. The predicted octanol–water partition coefficient (Wildman–Crippen LogP) is -0.132. The Morgan fingerprint density at radius 1 is 1.64 bits per heavy atom. The van der Waals surface area contributed by atoms with Crippen LogP contribution in [-0.4, -0.2) is 28.3 Å². The van der Waals surface area contributed by atoms with Crippen LogP contribution in [0.15, 0.2) is 0 Å². The van der Waals surface area contributed by atoms with E-state index in [1.807, 2.05) is 0 Å². The summed E-state index contributed by atoms with van der Waals surface area (Å²) >= 11 is 0. The summed E-state index contributed by atoms with van der Waals surface area (Å²) in [6.07, 6.45) is -0.864. The molecule has 0 aromatic rings. The van der Waals surface area contributed by atoms with Crippen molar-refractivity contribution in [2.75, 3.05) is 0 Å². The van der Waals surface area contributed by atoms with Gasteiger partial charge in [0.05, 0.1) is 6.17 Å². The van der Waals surface area contributed by atoms with Crippen LogP contribution >= 0.6 is 0 Å². The number of aliphatic hydroxyl groups excluding tert-OH is 1. The topological polar surface area (TPSA) is 66.6 Å². The number of nitrogens with two attached hydrogens (primary N) is 1. The molecule has 0 aliphatic carbocycles. The van der Waals surface area contributed by atoms with Gasteiger partial charge in [-0.3, -0.25) is 4.79 Å². The lowest BCUT2D eigenvalue weighted by molar-refractivity contribution is -0.143. The highest BCUT2D eigenvalue weighted by molar-refractivity contribution is 5.76. The molecule has 0 aromatic heterocycles. The first-order valence-corrected chi connectivity index (χ1v) is 3.75. The highest BCUT2D eigenvalue weighted by Gasteiger charge is 2.19. The van der Waals surface area contributed by atoms with E-state index in [1.165, 1.54) is 11.8 Å². The predicted molar refractivity (Wildman–Crippen MR) is 42.5 cm³/mol. The Bertz CT molecular complexity index is 126. The van der Waals surface area contributed by atoms with Crippen LogP contribution in [0.1, 0.15) is 27.2 Å². The third-order valence-corrected chi connectivity index (χ3v) is 1.43. The first-order chi connectivity index (χ1) is 5.00. The van der Waals surface area contributed by atoms with Gasteiger partial charge in [0, 0.05) is 6.42 Å². The number of carbonyl (C=O) groups is 1. The Morgan fingerprint density at radius 3 is 2.18 bits per heavy atom. The Hall–Kier alpha value is -0.610. The van der Waals surface area contributed by atoms with E-state index in [1.54, 1.807) is 13.8 Å². The molecule has 0 saturated heterocycles. The Morgan fingerprint density at radius 2 is 2.09 bits per heavy atom. The molecule has 0 heterocycles. The standard InChI is InChI=1S/C7H16N2O2/c1-4-7(11)9(5(2)8)6(3)10/h5-6,10H,4,8H2,1-3H3. The molecule has 0 rings (SSSR count). The van der Waals surface area contributed by atoms with Crippen molar-refractivity contribution in [2.24, 2.45) is 5.73 Å². The summed E-state index contributed by atoms with van der Waals surface area (Å²) in [7, 11) is 0. The first-order valence-electron chi connectivity index (χ1n) is 3.75. The molecule has 0 fully saturated rings. The van der Waals surface area contributed by atoms with Gasteiger partial charge in [-0.1, -0.05) is 6.92 Å². The Labute approximate surface area is 67.0 Å². The summed E-state index contributed by atoms with van der Waals surface area (Å²) in [6.45, 7) is 4.93. The van der Waals surface area contributed by atoms with Crippen LogP contribution in [0.2, 0.25) is 0 Å². The van der Waals surface area contributed by atoms with Gasteiger partial charge in [0.1, 0.15) is 6.23 Å². The molecule has 4 nitrogen and oxygen atoms in total. The fourth-order valence-electron chi connectivity index (χ4n) is 0.958. The summed E-state index contributed by atoms with van der Waals surface area (Å²) in [5.41, 5.74) is 5.46. The van der Waals surface area contributed by atoms with E-state index < -0.39 is 12.4 Å². The molecule has 66 valence electrons. The van der Waals surface area contributed by atoms with Gasteiger partial charge in [-0.05, 0) is 13.8 Å². The maximum absolute atomic E-state index is 11.1. The third-order valence-electron chi connectivity index (χ3n) is 1.43. The Balaban J connectivity index is 4.22. The minimum absolute atomic E-state index is 0.130. The first kappa shape index (κ1) is 10.4. The van der Waals surface area contributed by atoms with Crippen molar-refractivity contribution in [3.63, 3.8) is 0 Å². The van der Waals surface area contributed by atoms with E-state index in [-0.39, 0.29) is 5.91 Å². The normalized spacial score (nSPS) is 15.7. The summed E-state index contributed by atoms with van der Waals surface area (Å²) in [4.78, 5) is 12.3. The molecule has 4 heteroatoms. The van der Waals surface area contributed by atoms with Crippen LogP contribution < -0.4 is 5.73 Å². The number of nitrogens with zero attached hydrogens (tertiary/aromatic N) is 1. The molecule has 0 aromatic carbocycles. The third kappa shape index (κ3) is 2.86. The largest absolute Gasteiger partial charge is 0.374 e. The van der Waals surface area contributed by atoms with Crippen LogP contribution in [0.4, 0.5) is 0 Å². The van der Waals surface area contributed by atoms with E-state index >= 15 is 0 Å². The van der Waals surface area contributed by atoms with Crippen molar-refractivity contribution < 1.29 is 9.90 Å². The van der Waals surface area contributed by atoms with E-state index in [0.717, 1.165) is 0 Å². The van der Waals surface area contributed by atoms with Crippen LogP contribution in [-0.2, 0) is 4.79 Å². The molecule has 2 atom stereocenters. The second-order valence-corrected chi connectivity index (χ2v) is 2.53. The lowest BCUT2D eigenvalue weighted by atomic mass is 10.3. The summed E-state index contributed by atoms with van der Waals surface area (Å²) in [5.74, 6) is -0.130. The minimum atomic E-state index is -0.803. The maximum Gasteiger partial charge on any atom is 0.225 e. The van der Waals surface area contributed by atoms with Crippen LogP contribution in [0, 0.1) is 0 Å². The van der Waals surface area contributed by atoms with Crippen LogP contribution in [0.25, 0.3) is 0 Å². The molecule has 0 aliphatic heterocycles. The summed E-state index contributed by atoms with van der Waals surface area (Å²) in [6, 6.07) is 0. The number of aliphatic hydroxyl groups is 1. The number of hydrogen-bond acceptors (Lipinski definition) is 3. The second-order valence-electron chi connectivity index (χ2n) is 2.53. The molecule has 1 amide bonds. The zero-order valence-corrected chi connectivity index (χ0v) is 7.24. The minimum Gasteiger partial charge on any atom is -0.374 e. The lowest BCUT2D eigenvalue weighted by Gasteiger charge is -2.28. The maximum atomic E-state index is 11.1. The van der Waals surface area contributed by atoms with Gasteiger partial charge in [0.25, 0.3) is 0 Å². The summed E-state index contributed by atoms with van der Waals surface area (Å²) < 4.78 is 0. The molecular formula is C7H16N2O2. The highest BCUT2D eigenvalue weighted by Crippen LogP contribution is 2.01. The quantitative estimate of drug-likeness (QED) is 0.565. The van der Waals surface area contributed by atoms with Gasteiger partial charge in [-0.25, -0.2) is 0 Å². The van der Waals surface area contributed by atoms with Crippen molar-refractivity contribution in [3.8, 4) is 0 Å². The van der Waals surface area contributed by atoms with Crippen molar-refractivity contribution in [1.82, 2.24) is 4.90 Å². The molecule has 0 radical (unpaired) electrons. The number of carbonyl (C=O) groups excluding carboxylic acids is 1. The second kappa shape index (κ2) is 4.31. The van der Waals surface area contributed by atoms with Gasteiger partial charge in [0.15, 0.2) is 0 Å². The zero-order valence-electron chi connectivity index (χ0n) is 7.24. The van der Waals surface area contributed by atoms with E-state index in [0.29, 0.717) is 6.42 Å². The van der Waals surface area contributed by atoms with Crippen molar-refractivity contribution in [3.05, 3.63) is 0 Å². The van der Waals surface area contributed by atoms with Gasteiger partial charge >= 0.3 is 0 Å². The number of amides is 1. The molecule has 0 saturated carbocycles. The average molecular weight is 160 g/mol. The highest BCUT2D eigenvalue weighted by atomic mass is 16.3. The molecule has 0 aliphatic rings. The smallest absolute Gasteiger partial charge is 0.225 e. The fraction of sp³-hybridized carbons (Fsp3) is 0.857. The Kier molecular flexibility index (Phi) is 4.07.